The topological polar surface area (TPSA) is 101 Å². The van der Waals surface area contributed by atoms with Crippen molar-refractivity contribution in [1.29, 1.82) is 0 Å². The molecule has 6 nitrogen and oxygen atoms in total. The number of hydrogen-bond donors (Lipinski definition) is 2. The summed E-state index contributed by atoms with van der Waals surface area (Å²) in [5.41, 5.74) is -0.376. The molecule has 0 fully saturated rings. The van der Waals surface area contributed by atoms with Gasteiger partial charge in [0.15, 0.2) is 0 Å². The molecule has 0 spiro atoms. The van der Waals surface area contributed by atoms with E-state index in [2.05, 4.69) is 0 Å². The van der Waals surface area contributed by atoms with E-state index in [4.69, 9.17) is 5.11 Å². The molecule has 0 saturated heterocycles. The van der Waals surface area contributed by atoms with Gasteiger partial charge >= 0.3 is 5.97 Å². The molecule has 0 atom stereocenters. The third-order valence-electron chi connectivity index (χ3n) is 1.90. The number of amides is 1. The van der Waals surface area contributed by atoms with E-state index in [0.717, 1.165) is 23.9 Å². The third kappa shape index (κ3) is 3.47. The molecule has 1 amide bonds. The fourth-order valence-electron chi connectivity index (χ4n) is 1.20. The van der Waals surface area contributed by atoms with E-state index < -0.39 is 26.1 Å². The number of aromatic carboxylic acids is 1. The molecule has 0 heterocycles. The van der Waals surface area contributed by atoms with Crippen LogP contribution in [0.2, 0.25) is 0 Å². The second-order valence-electron chi connectivity index (χ2n) is 3.13. The van der Waals surface area contributed by atoms with E-state index in [1.165, 1.54) is 12.1 Å². The van der Waals surface area contributed by atoms with Crippen molar-refractivity contribution < 1.29 is 23.1 Å². The van der Waals surface area contributed by atoms with Gasteiger partial charge in [0.25, 0.3) is 15.3 Å². The highest BCUT2D eigenvalue weighted by Gasteiger charge is 2.23. The number of hydrogen-bond acceptors (Lipinski definition) is 5. The lowest BCUT2D eigenvalue weighted by molar-refractivity contribution is 0.0692. The van der Waals surface area contributed by atoms with Crippen LogP contribution in [0, 0.1) is 0 Å². The Morgan fingerprint density at radius 1 is 1.33 bits per heavy atom. The van der Waals surface area contributed by atoms with Crippen LogP contribution in [0.25, 0.3) is 0 Å². The van der Waals surface area contributed by atoms with Crippen molar-refractivity contribution in [1.82, 2.24) is 4.72 Å². The minimum atomic E-state index is -4.16. The SMILES string of the molecule is CCSC(=O)NS(=O)(=O)c1ccccc1C(=O)O. The predicted molar refractivity (Wildman–Crippen MR) is 67.3 cm³/mol. The zero-order chi connectivity index (χ0) is 13.8. The van der Waals surface area contributed by atoms with Gasteiger partial charge in [-0.15, -0.1) is 0 Å². The Morgan fingerprint density at radius 2 is 1.94 bits per heavy atom. The first-order valence-electron chi connectivity index (χ1n) is 4.90. The van der Waals surface area contributed by atoms with Gasteiger partial charge in [0.1, 0.15) is 4.90 Å². The Balaban J connectivity index is 3.13. The number of benzene rings is 1. The van der Waals surface area contributed by atoms with Crippen LogP contribution in [0.4, 0.5) is 4.79 Å². The fraction of sp³-hybridized carbons (Fsp3) is 0.200. The first-order valence-corrected chi connectivity index (χ1v) is 7.37. The number of nitrogens with one attached hydrogen (secondary N) is 1. The lowest BCUT2D eigenvalue weighted by Gasteiger charge is -2.08. The molecule has 0 aliphatic rings. The van der Waals surface area contributed by atoms with Crippen molar-refractivity contribution in [2.24, 2.45) is 0 Å². The normalized spacial score (nSPS) is 10.9. The van der Waals surface area contributed by atoms with Gasteiger partial charge < -0.3 is 5.11 Å². The van der Waals surface area contributed by atoms with Crippen LogP contribution >= 0.6 is 11.8 Å². The summed E-state index contributed by atoms with van der Waals surface area (Å²) < 4.78 is 25.5. The summed E-state index contributed by atoms with van der Waals surface area (Å²) >= 11 is 0.790. The maximum absolute atomic E-state index is 11.8. The number of carbonyl (C=O) groups is 2. The van der Waals surface area contributed by atoms with Gasteiger partial charge in [-0.3, -0.25) is 4.79 Å². The van der Waals surface area contributed by atoms with Gasteiger partial charge in [0.2, 0.25) is 0 Å². The molecule has 0 saturated carbocycles. The summed E-state index contributed by atoms with van der Waals surface area (Å²) in [6, 6.07) is 5.09. The molecule has 0 aromatic heterocycles. The van der Waals surface area contributed by atoms with E-state index in [0.29, 0.717) is 5.75 Å². The Morgan fingerprint density at radius 3 is 2.50 bits per heavy atom. The van der Waals surface area contributed by atoms with Gasteiger partial charge in [0.05, 0.1) is 5.56 Å². The Hall–Kier alpha value is -1.54. The molecular weight excluding hydrogens is 278 g/mol. The summed E-state index contributed by atoms with van der Waals surface area (Å²) in [5, 5.41) is 8.15. The molecule has 0 aliphatic heterocycles. The van der Waals surface area contributed by atoms with Crippen LogP contribution in [-0.2, 0) is 10.0 Å². The van der Waals surface area contributed by atoms with E-state index in [1.807, 2.05) is 0 Å². The summed E-state index contributed by atoms with van der Waals surface area (Å²) in [6.45, 7) is 1.70. The molecule has 1 rings (SSSR count). The van der Waals surface area contributed by atoms with E-state index >= 15 is 0 Å². The first kappa shape index (κ1) is 14.5. The Labute approximate surface area is 108 Å². The molecule has 98 valence electrons. The molecule has 1 aromatic carbocycles. The molecule has 0 aliphatic carbocycles. The average molecular weight is 289 g/mol. The number of rotatable bonds is 4. The second-order valence-corrected chi connectivity index (χ2v) is 6.01. The van der Waals surface area contributed by atoms with Crippen LogP contribution in [0.1, 0.15) is 17.3 Å². The van der Waals surface area contributed by atoms with Crippen LogP contribution in [-0.4, -0.2) is 30.5 Å². The highest BCUT2D eigenvalue weighted by Crippen LogP contribution is 2.16. The highest BCUT2D eigenvalue weighted by atomic mass is 32.2. The Kier molecular flexibility index (Phi) is 4.74. The first-order chi connectivity index (χ1) is 8.38. The van der Waals surface area contributed by atoms with Crippen molar-refractivity contribution in [3.63, 3.8) is 0 Å². The third-order valence-corrected chi connectivity index (χ3v) is 4.07. The van der Waals surface area contributed by atoms with Crippen molar-refractivity contribution in [3.05, 3.63) is 29.8 Å². The van der Waals surface area contributed by atoms with Gasteiger partial charge in [-0.25, -0.2) is 17.9 Å². The van der Waals surface area contributed by atoms with Crippen molar-refractivity contribution in [2.45, 2.75) is 11.8 Å². The summed E-state index contributed by atoms with van der Waals surface area (Å²) in [7, 11) is -4.16. The zero-order valence-corrected chi connectivity index (χ0v) is 11.0. The maximum atomic E-state index is 11.8. The van der Waals surface area contributed by atoms with Gasteiger partial charge in [0, 0.05) is 0 Å². The number of thioether (sulfide) groups is 1. The van der Waals surface area contributed by atoms with E-state index in [1.54, 1.807) is 11.6 Å². The van der Waals surface area contributed by atoms with Crippen LogP contribution in [0.15, 0.2) is 29.2 Å². The number of carboxylic acids is 1. The highest BCUT2D eigenvalue weighted by molar-refractivity contribution is 8.14. The molecule has 18 heavy (non-hydrogen) atoms. The summed E-state index contributed by atoms with van der Waals surface area (Å²) in [6.07, 6.45) is 0. The maximum Gasteiger partial charge on any atom is 0.337 e. The van der Waals surface area contributed by atoms with Crippen LogP contribution in [0.3, 0.4) is 0 Å². The smallest absolute Gasteiger partial charge is 0.337 e. The van der Waals surface area contributed by atoms with Gasteiger partial charge in [-0.2, -0.15) is 0 Å². The number of sulfonamides is 1. The summed E-state index contributed by atoms with van der Waals surface area (Å²) in [4.78, 5) is 21.7. The quantitative estimate of drug-likeness (QED) is 0.872. The minimum Gasteiger partial charge on any atom is -0.478 e. The average Bonchev–Trinajstić information content (AvgIpc) is 2.28. The minimum absolute atomic E-state index is 0.376. The van der Waals surface area contributed by atoms with Crippen molar-refractivity contribution in [2.75, 3.05) is 5.75 Å². The van der Waals surface area contributed by atoms with E-state index in [9.17, 15) is 18.0 Å². The number of carboxylic acid groups (broad SMARTS) is 1. The van der Waals surface area contributed by atoms with E-state index in [-0.39, 0.29) is 5.56 Å². The molecule has 1 aromatic rings. The monoisotopic (exact) mass is 289 g/mol. The molecule has 0 unspecified atom stereocenters. The fourth-order valence-corrected chi connectivity index (χ4v) is 3.06. The van der Waals surface area contributed by atoms with Gasteiger partial charge in [-0.05, 0) is 17.9 Å². The standard InChI is InChI=1S/C10H11NO5S2/c1-2-17-10(14)11-18(15,16)8-6-4-3-5-7(8)9(12)13/h3-6H,2H2,1H3,(H,11,14)(H,12,13). The zero-order valence-electron chi connectivity index (χ0n) is 9.41. The van der Waals surface area contributed by atoms with Crippen LogP contribution in [0.5, 0.6) is 0 Å². The lowest BCUT2D eigenvalue weighted by atomic mass is 10.2. The largest absolute Gasteiger partial charge is 0.478 e. The van der Waals surface area contributed by atoms with Crippen molar-refractivity contribution in [3.8, 4) is 0 Å². The Bertz CT molecular complexity index is 567. The van der Waals surface area contributed by atoms with Crippen molar-refractivity contribution >= 4 is 33.0 Å². The summed E-state index contributed by atoms with van der Waals surface area (Å²) in [5.74, 6) is -0.950. The van der Waals surface area contributed by atoms with Crippen LogP contribution < -0.4 is 4.72 Å². The molecule has 8 heteroatoms. The molecule has 0 bridgehead atoms. The number of carbonyl (C=O) groups excluding carboxylic acids is 1. The molecule has 2 N–H and O–H groups in total. The lowest BCUT2D eigenvalue weighted by Crippen LogP contribution is -2.28. The predicted octanol–water partition coefficient (Wildman–Crippen LogP) is 1.54. The van der Waals surface area contributed by atoms with Gasteiger partial charge in [-0.1, -0.05) is 30.8 Å². The molecule has 0 radical (unpaired) electrons. The second kappa shape index (κ2) is 5.87. The molecular formula is C10H11NO5S2.